The van der Waals surface area contributed by atoms with Crippen LogP contribution >= 0.6 is 0 Å². The molecule has 0 radical (unpaired) electrons. The molecule has 7 nitrogen and oxygen atoms in total. The van der Waals surface area contributed by atoms with Crippen molar-refractivity contribution in [1.82, 2.24) is 29.5 Å². The molecule has 0 aliphatic rings. The maximum Gasteiger partial charge on any atom is 0.102 e. The molecule has 29 heavy (non-hydrogen) atoms. The van der Waals surface area contributed by atoms with E-state index in [4.69, 9.17) is 0 Å². The molecule has 7 heteroatoms. The number of anilines is 1. The molecule has 4 aromatic heterocycles. The van der Waals surface area contributed by atoms with Gasteiger partial charge in [0.15, 0.2) is 0 Å². The van der Waals surface area contributed by atoms with Crippen LogP contribution in [0.25, 0.3) is 22.3 Å². The molecule has 0 fully saturated rings. The smallest absolute Gasteiger partial charge is 0.102 e. The molecule has 142 valence electrons. The van der Waals surface area contributed by atoms with Crippen LogP contribution in [-0.2, 0) is 6.54 Å². The molecule has 0 unspecified atom stereocenters. The Morgan fingerprint density at radius 3 is 2.69 bits per heavy atom. The lowest BCUT2D eigenvalue weighted by Gasteiger charge is -2.07. The van der Waals surface area contributed by atoms with Gasteiger partial charge in [0.2, 0.25) is 0 Å². The molecule has 4 heterocycles. The summed E-state index contributed by atoms with van der Waals surface area (Å²) in [5.41, 5.74) is 5.98. The van der Waals surface area contributed by atoms with Gasteiger partial charge < -0.3 is 9.88 Å². The Labute approximate surface area is 167 Å². The Hall–Kier alpha value is -4.00. The first-order valence-electron chi connectivity index (χ1n) is 9.36. The molecular weight excluding hydrogens is 362 g/mol. The molecule has 0 saturated heterocycles. The lowest BCUT2D eigenvalue weighted by atomic mass is 10.2. The number of hydrogen-bond donors (Lipinski definition) is 1. The fourth-order valence-corrected chi connectivity index (χ4v) is 3.32. The summed E-state index contributed by atoms with van der Waals surface area (Å²) >= 11 is 0. The first-order valence-corrected chi connectivity index (χ1v) is 9.36. The largest absolute Gasteiger partial charge is 0.379 e. The Bertz CT molecular complexity index is 1270. The summed E-state index contributed by atoms with van der Waals surface area (Å²) < 4.78 is 3.91. The number of pyridine rings is 2. The summed E-state index contributed by atoms with van der Waals surface area (Å²) in [6.45, 7) is 2.57. The molecule has 0 aliphatic carbocycles. The fourth-order valence-electron chi connectivity index (χ4n) is 3.32. The van der Waals surface area contributed by atoms with Crippen LogP contribution in [0.3, 0.4) is 0 Å². The minimum atomic E-state index is 0.601. The number of nitrogens with zero attached hydrogens (tertiary/aromatic N) is 6. The second kappa shape index (κ2) is 7.20. The minimum Gasteiger partial charge on any atom is -0.379 e. The highest BCUT2D eigenvalue weighted by Gasteiger charge is 2.06. The third-order valence-corrected chi connectivity index (χ3v) is 4.80. The van der Waals surface area contributed by atoms with Crippen molar-refractivity contribution in [2.24, 2.45) is 0 Å². The van der Waals surface area contributed by atoms with Gasteiger partial charge >= 0.3 is 0 Å². The van der Waals surface area contributed by atoms with Crippen molar-refractivity contribution in [1.29, 1.82) is 0 Å². The van der Waals surface area contributed by atoms with Gasteiger partial charge in [-0.3, -0.25) is 9.97 Å². The van der Waals surface area contributed by atoms with Gasteiger partial charge in [-0.15, -0.1) is 5.10 Å². The molecular formula is C22H19N7. The van der Waals surface area contributed by atoms with Crippen molar-refractivity contribution in [3.63, 3.8) is 0 Å². The summed E-state index contributed by atoms with van der Waals surface area (Å²) in [6.07, 6.45) is 9.47. The van der Waals surface area contributed by atoms with E-state index in [9.17, 15) is 0 Å². The van der Waals surface area contributed by atoms with Gasteiger partial charge in [0.25, 0.3) is 0 Å². The van der Waals surface area contributed by atoms with E-state index in [1.807, 2.05) is 55.8 Å². The fraction of sp³-hybridized carbons (Fsp3) is 0.0909. The first kappa shape index (κ1) is 17.1. The molecule has 0 spiro atoms. The van der Waals surface area contributed by atoms with E-state index in [2.05, 4.69) is 54.6 Å². The third kappa shape index (κ3) is 3.45. The van der Waals surface area contributed by atoms with Crippen LogP contribution in [0.15, 0.2) is 79.5 Å². The zero-order valence-corrected chi connectivity index (χ0v) is 15.9. The number of fused-ring (bicyclic) bond motifs is 1. The molecule has 1 aromatic carbocycles. The molecule has 0 saturated carbocycles. The molecule has 5 rings (SSSR count). The highest BCUT2D eigenvalue weighted by molar-refractivity contribution is 5.80. The van der Waals surface area contributed by atoms with Gasteiger partial charge in [0, 0.05) is 41.0 Å². The Balaban J connectivity index is 1.33. The highest BCUT2D eigenvalue weighted by atomic mass is 15.4. The zero-order chi connectivity index (χ0) is 19.6. The summed E-state index contributed by atoms with van der Waals surface area (Å²) in [4.78, 5) is 8.43. The van der Waals surface area contributed by atoms with Gasteiger partial charge in [-0.1, -0.05) is 5.21 Å². The Morgan fingerprint density at radius 2 is 1.83 bits per heavy atom. The van der Waals surface area contributed by atoms with Crippen molar-refractivity contribution in [3.8, 4) is 11.4 Å². The maximum atomic E-state index is 4.26. The van der Waals surface area contributed by atoms with Gasteiger partial charge in [-0.2, -0.15) is 0 Å². The van der Waals surface area contributed by atoms with Crippen LogP contribution in [0.1, 0.15) is 11.4 Å². The van der Waals surface area contributed by atoms with Crippen LogP contribution in [-0.4, -0.2) is 29.5 Å². The number of hydrogen-bond acceptors (Lipinski definition) is 5. The van der Waals surface area contributed by atoms with E-state index < -0.39 is 0 Å². The number of nitrogens with one attached hydrogen (secondary N) is 1. The summed E-state index contributed by atoms with van der Waals surface area (Å²) in [5.74, 6) is 0. The van der Waals surface area contributed by atoms with Gasteiger partial charge in [0.05, 0.1) is 30.1 Å². The van der Waals surface area contributed by atoms with E-state index in [0.717, 1.165) is 34.0 Å². The van der Waals surface area contributed by atoms with Crippen molar-refractivity contribution >= 4 is 16.6 Å². The van der Waals surface area contributed by atoms with E-state index >= 15 is 0 Å². The van der Waals surface area contributed by atoms with E-state index in [1.165, 1.54) is 5.39 Å². The highest BCUT2D eigenvalue weighted by Crippen LogP contribution is 2.20. The van der Waals surface area contributed by atoms with Crippen molar-refractivity contribution in [3.05, 3.63) is 90.9 Å². The summed E-state index contributed by atoms with van der Waals surface area (Å²) in [6, 6.07) is 16.3. The van der Waals surface area contributed by atoms with E-state index in [0.29, 0.717) is 6.54 Å². The van der Waals surface area contributed by atoms with Crippen LogP contribution in [0.5, 0.6) is 0 Å². The average molecular weight is 381 g/mol. The standard InChI is InChI=1S/C22H19N7/c1-16-12-18(7-10-24-16)25-13-19-15-29(27-26-19)21-4-2-20(3-5-21)28-11-8-17-6-9-23-14-22(17)28/h2-12,14-15H,13H2,1H3,(H,24,25). The third-order valence-electron chi connectivity index (χ3n) is 4.80. The Morgan fingerprint density at radius 1 is 0.966 bits per heavy atom. The van der Waals surface area contributed by atoms with Crippen molar-refractivity contribution in [2.45, 2.75) is 13.5 Å². The lowest BCUT2D eigenvalue weighted by Crippen LogP contribution is -2.00. The van der Waals surface area contributed by atoms with E-state index in [1.54, 1.807) is 10.9 Å². The predicted octanol–water partition coefficient (Wildman–Crippen LogP) is 3.92. The zero-order valence-electron chi connectivity index (χ0n) is 15.9. The second-order valence-electron chi connectivity index (χ2n) is 6.83. The number of aryl methyl sites for hydroxylation is 1. The van der Waals surface area contributed by atoms with Crippen molar-refractivity contribution < 1.29 is 0 Å². The van der Waals surface area contributed by atoms with Gasteiger partial charge in [0.1, 0.15) is 5.69 Å². The van der Waals surface area contributed by atoms with Crippen LogP contribution in [0, 0.1) is 6.92 Å². The topological polar surface area (TPSA) is 73.5 Å². The predicted molar refractivity (Wildman–Crippen MR) is 112 cm³/mol. The van der Waals surface area contributed by atoms with Crippen molar-refractivity contribution in [2.75, 3.05) is 5.32 Å². The molecule has 5 aromatic rings. The SMILES string of the molecule is Cc1cc(NCc2cn(-c3ccc(-n4ccc5ccncc54)cc3)nn2)ccn1. The normalized spacial score (nSPS) is 11.1. The molecule has 0 amide bonds. The average Bonchev–Trinajstić information content (AvgIpc) is 3.40. The Kier molecular flexibility index (Phi) is 4.25. The van der Waals surface area contributed by atoms with Crippen LogP contribution < -0.4 is 5.32 Å². The molecule has 0 atom stereocenters. The number of benzene rings is 1. The lowest BCUT2D eigenvalue weighted by molar-refractivity contribution is 0.798. The maximum absolute atomic E-state index is 4.26. The number of aromatic nitrogens is 6. The summed E-state index contributed by atoms with van der Waals surface area (Å²) in [5, 5.41) is 13.0. The second-order valence-corrected chi connectivity index (χ2v) is 6.83. The molecule has 0 aliphatic heterocycles. The minimum absolute atomic E-state index is 0.601. The molecule has 1 N–H and O–H groups in total. The van der Waals surface area contributed by atoms with Crippen LogP contribution in [0.4, 0.5) is 5.69 Å². The summed E-state index contributed by atoms with van der Waals surface area (Å²) in [7, 11) is 0. The monoisotopic (exact) mass is 381 g/mol. The quantitative estimate of drug-likeness (QED) is 0.499. The van der Waals surface area contributed by atoms with E-state index in [-0.39, 0.29) is 0 Å². The first-order chi connectivity index (χ1) is 14.3. The number of rotatable bonds is 5. The van der Waals surface area contributed by atoms with Crippen LogP contribution in [0.2, 0.25) is 0 Å². The van der Waals surface area contributed by atoms with Gasteiger partial charge in [-0.05, 0) is 55.5 Å². The molecule has 0 bridgehead atoms. The van der Waals surface area contributed by atoms with Gasteiger partial charge in [-0.25, -0.2) is 4.68 Å².